The Labute approximate surface area is 141 Å². The summed E-state index contributed by atoms with van der Waals surface area (Å²) in [6.45, 7) is -0.495. The summed E-state index contributed by atoms with van der Waals surface area (Å²) < 4.78 is 49.7. The summed E-state index contributed by atoms with van der Waals surface area (Å²) in [4.78, 5) is 10.7. The van der Waals surface area contributed by atoms with Crippen LogP contribution in [-0.4, -0.2) is 35.0 Å². The van der Waals surface area contributed by atoms with Crippen molar-refractivity contribution in [2.45, 2.75) is 18.8 Å². The van der Waals surface area contributed by atoms with Crippen LogP contribution in [0.15, 0.2) is 18.2 Å². The van der Waals surface area contributed by atoms with Crippen molar-refractivity contribution >= 4 is 39.2 Å². The van der Waals surface area contributed by atoms with Gasteiger partial charge in [-0.25, -0.2) is 0 Å². The van der Waals surface area contributed by atoms with Gasteiger partial charge in [-0.1, -0.05) is 0 Å². The lowest BCUT2D eigenvalue weighted by molar-refractivity contribution is -0.384. The number of ether oxygens (including phenoxy) is 2. The van der Waals surface area contributed by atoms with Crippen molar-refractivity contribution in [1.29, 1.82) is 0 Å². The molecule has 10 heteroatoms. The first-order chi connectivity index (χ1) is 10.8. The molecule has 1 atom stereocenters. The van der Waals surface area contributed by atoms with E-state index in [-0.39, 0.29) is 38.8 Å². The summed E-state index contributed by atoms with van der Waals surface area (Å²) in [6.07, 6.45) is -4.50. The fourth-order valence-electron chi connectivity index (χ4n) is 2.26. The fraction of sp³-hybridized carbons (Fsp3) is 0.385. The lowest BCUT2D eigenvalue weighted by atomic mass is 10.2. The number of hydrogen-bond acceptors (Lipinski definition) is 4. The smallest absolute Gasteiger partial charge is 0.406 e. The van der Waals surface area contributed by atoms with Gasteiger partial charge in [-0.15, -0.1) is 0 Å². The Hall–Kier alpha value is -1.56. The van der Waals surface area contributed by atoms with Gasteiger partial charge in [0.25, 0.3) is 0 Å². The molecular weight excluding hydrogens is 432 g/mol. The lowest BCUT2D eigenvalue weighted by Gasteiger charge is -2.11. The summed E-state index contributed by atoms with van der Waals surface area (Å²) in [7, 11) is 0. The van der Waals surface area contributed by atoms with Gasteiger partial charge in [0.2, 0.25) is 0 Å². The molecule has 0 aliphatic carbocycles. The zero-order valence-electron chi connectivity index (χ0n) is 11.5. The number of nitrogens with zero attached hydrogens (tertiary/aromatic N) is 2. The minimum atomic E-state index is -4.42. The second-order valence-electron chi connectivity index (χ2n) is 5.04. The molecule has 1 aromatic heterocycles. The Kier molecular flexibility index (Phi) is 4.12. The van der Waals surface area contributed by atoms with Gasteiger partial charge >= 0.3 is 11.9 Å². The maximum atomic E-state index is 12.7. The Morgan fingerprint density at radius 1 is 1.48 bits per heavy atom. The third kappa shape index (κ3) is 3.52. The van der Waals surface area contributed by atoms with E-state index in [1.54, 1.807) is 22.6 Å². The topological polar surface area (TPSA) is 69.8 Å². The number of fused-ring (bicyclic) bond motifs is 1. The summed E-state index contributed by atoms with van der Waals surface area (Å²) in [5, 5.41) is 11.5. The van der Waals surface area contributed by atoms with Crippen LogP contribution in [0.4, 0.5) is 18.9 Å². The summed E-state index contributed by atoms with van der Waals surface area (Å²) >= 11 is 1.73. The molecule has 0 radical (unpaired) electrons. The van der Waals surface area contributed by atoms with Crippen molar-refractivity contribution in [3.8, 4) is 5.75 Å². The van der Waals surface area contributed by atoms with E-state index < -0.39 is 17.6 Å². The number of nitro groups is 1. The fourth-order valence-corrected chi connectivity index (χ4v) is 3.00. The van der Waals surface area contributed by atoms with Crippen molar-refractivity contribution in [3.05, 3.63) is 32.0 Å². The number of hydrogen-bond donors (Lipinski definition) is 0. The Balaban J connectivity index is 2.07. The van der Waals surface area contributed by atoms with Crippen molar-refractivity contribution in [3.63, 3.8) is 0 Å². The molecule has 0 N–H and O–H groups in total. The highest BCUT2D eigenvalue weighted by Crippen LogP contribution is 2.38. The first kappa shape index (κ1) is 16.3. The van der Waals surface area contributed by atoms with Gasteiger partial charge < -0.3 is 14.0 Å². The molecule has 2 aromatic rings. The molecule has 1 aromatic carbocycles. The van der Waals surface area contributed by atoms with Gasteiger partial charge in [-0.3, -0.25) is 10.1 Å². The second-order valence-corrected chi connectivity index (χ2v) is 6.14. The number of rotatable bonds is 5. The summed E-state index contributed by atoms with van der Waals surface area (Å²) in [6, 6.07) is 4.09. The molecule has 1 aliphatic heterocycles. The highest BCUT2D eigenvalue weighted by molar-refractivity contribution is 14.1. The number of benzene rings is 1. The van der Waals surface area contributed by atoms with E-state index in [1.165, 1.54) is 18.2 Å². The third-order valence-corrected chi connectivity index (χ3v) is 4.21. The molecule has 0 saturated carbocycles. The molecule has 23 heavy (non-hydrogen) atoms. The van der Waals surface area contributed by atoms with Gasteiger partial charge in [0, 0.05) is 0 Å². The van der Waals surface area contributed by atoms with Crippen LogP contribution >= 0.6 is 22.6 Å². The Bertz CT molecular complexity index is 771. The quantitative estimate of drug-likeness (QED) is 0.308. The molecule has 3 rings (SSSR count). The van der Waals surface area contributed by atoms with Crippen LogP contribution in [0.3, 0.4) is 0 Å². The maximum Gasteiger partial charge on any atom is 0.406 e. The van der Waals surface area contributed by atoms with E-state index in [4.69, 9.17) is 9.47 Å². The van der Waals surface area contributed by atoms with Gasteiger partial charge in [-0.2, -0.15) is 13.2 Å². The zero-order chi connectivity index (χ0) is 16.8. The Morgan fingerprint density at radius 2 is 2.17 bits per heavy atom. The number of epoxide rings is 1. The summed E-state index contributed by atoms with van der Waals surface area (Å²) in [5.41, 5.74) is -0.185. The van der Waals surface area contributed by atoms with Crippen molar-refractivity contribution < 1.29 is 27.6 Å². The van der Waals surface area contributed by atoms with Gasteiger partial charge in [0.1, 0.15) is 19.3 Å². The van der Waals surface area contributed by atoms with Crippen LogP contribution in [0.25, 0.3) is 10.9 Å². The number of alkyl halides is 3. The Morgan fingerprint density at radius 3 is 2.74 bits per heavy atom. The molecule has 6 nitrogen and oxygen atoms in total. The van der Waals surface area contributed by atoms with Gasteiger partial charge in [0.05, 0.1) is 26.1 Å². The van der Waals surface area contributed by atoms with Crippen molar-refractivity contribution in [2.24, 2.45) is 0 Å². The summed E-state index contributed by atoms with van der Waals surface area (Å²) in [5.74, 6) is 0.0264. The predicted octanol–water partition coefficient (Wildman–Crippen LogP) is 3.49. The van der Waals surface area contributed by atoms with Crippen LogP contribution in [0.1, 0.15) is 0 Å². The highest BCUT2D eigenvalue weighted by atomic mass is 127. The molecule has 1 saturated heterocycles. The number of aromatic nitrogens is 1. The van der Waals surface area contributed by atoms with Crippen molar-refractivity contribution in [1.82, 2.24) is 4.57 Å². The first-order valence-corrected chi connectivity index (χ1v) is 7.61. The van der Waals surface area contributed by atoms with E-state index in [2.05, 4.69) is 0 Å². The minimum Gasteiger partial charge on any atom is -0.484 e. The largest absolute Gasteiger partial charge is 0.484 e. The molecule has 2 heterocycles. The van der Waals surface area contributed by atoms with Crippen LogP contribution in [0.2, 0.25) is 0 Å². The van der Waals surface area contributed by atoms with Gasteiger partial charge in [0.15, 0.2) is 5.75 Å². The molecule has 0 bridgehead atoms. The molecule has 1 fully saturated rings. The highest BCUT2D eigenvalue weighted by Gasteiger charge is 2.32. The van der Waals surface area contributed by atoms with Crippen LogP contribution < -0.4 is 4.74 Å². The average molecular weight is 442 g/mol. The van der Waals surface area contributed by atoms with Crippen LogP contribution in [0, 0.1) is 13.8 Å². The van der Waals surface area contributed by atoms with Gasteiger partial charge in [-0.05, 0) is 40.8 Å². The van der Waals surface area contributed by atoms with E-state index in [9.17, 15) is 23.3 Å². The van der Waals surface area contributed by atoms with E-state index in [1.807, 2.05) is 0 Å². The van der Waals surface area contributed by atoms with E-state index >= 15 is 0 Å². The molecule has 0 spiro atoms. The monoisotopic (exact) mass is 442 g/mol. The first-order valence-electron chi connectivity index (χ1n) is 6.53. The normalized spacial score (nSPS) is 17.5. The van der Waals surface area contributed by atoms with E-state index in [0.717, 1.165) is 4.57 Å². The molecular formula is C13H10F3IN2O4. The van der Waals surface area contributed by atoms with Crippen LogP contribution in [-0.2, 0) is 11.3 Å². The van der Waals surface area contributed by atoms with Crippen LogP contribution in [0.5, 0.6) is 5.75 Å². The molecule has 1 unspecified atom stereocenters. The molecule has 124 valence electrons. The number of halogens is 4. The third-order valence-electron chi connectivity index (χ3n) is 3.32. The van der Waals surface area contributed by atoms with E-state index in [0.29, 0.717) is 6.61 Å². The van der Waals surface area contributed by atoms with Crippen molar-refractivity contribution in [2.75, 3.05) is 13.2 Å². The molecule has 1 aliphatic rings. The average Bonchev–Trinajstić information content (AvgIpc) is 3.20. The maximum absolute atomic E-state index is 12.7. The molecule has 0 amide bonds. The number of nitro benzene ring substituents is 1. The lowest BCUT2D eigenvalue weighted by Crippen LogP contribution is -2.18. The predicted molar refractivity (Wildman–Crippen MR) is 82.6 cm³/mol. The standard InChI is InChI=1S/C13H10F3IN2O4/c14-13(15,16)6-18-9-1-2-10(23-5-7-4-22-7)12(19(20)21)8(9)3-11(18)17/h1-3,7H,4-6H2. The SMILES string of the molecule is O=[N+]([O-])c1c(OCC2CO2)ccc2c1cc(I)n2CC(F)(F)F. The second kappa shape index (κ2) is 5.82. The zero-order valence-corrected chi connectivity index (χ0v) is 13.6. The minimum absolute atomic E-state index is 0.0264.